The van der Waals surface area contributed by atoms with Crippen molar-refractivity contribution in [3.05, 3.63) is 71.8 Å². The quantitative estimate of drug-likeness (QED) is 0.796. The third-order valence-electron chi connectivity index (χ3n) is 4.72. The van der Waals surface area contributed by atoms with Gasteiger partial charge in [0.25, 0.3) is 5.91 Å². The van der Waals surface area contributed by atoms with Gasteiger partial charge in [-0.15, -0.1) is 0 Å². The standard InChI is InChI=1S/C21H21ClN2O3/c1-2-20(26)24-12-11-18(19(25)13-24)23-21(27)15-9-7-14(8-10-15)16-5-3-4-6-17(16)22/h2-10,18-19,25H,1,11-13H2,(H,23,27)/t18-,19-/m1/s1. The number of hydrogen-bond donors (Lipinski definition) is 2. The second-order valence-electron chi connectivity index (χ2n) is 6.48. The summed E-state index contributed by atoms with van der Waals surface area (Å²) in [6.07, 6.45) is 0.908. The van der Waals surface area contributed by atoms with Crippen LogP contribution in [0, 0.1) is 0 Å². The van der Waals surface area contributed by atoms with Crippen LogP contribution < -0.4 is 5.32 Å². The number of benzene rings is 2. The first-order valence-electron chi connectivity index (χ1n) is 8.75. The number of aliphatic hydroxyl groups excluding tert-OH is 1. The largest absolute Gasteiger partial charge is 0.389 e. The number of piperidine rings is 1. The average molecular weight is 385 g/mol. The number of carbonyl (C=O) groups is 2. The first-order chi connectivity index (χ1) is 13.0. The van der Waals surface area contributed by atoms with Crippen molar-refractivity contribution in [1.29, 1.82) is 0 Å². The summed E-state index contributed by atoms with van der Waals surface area (Å²) in [5.74, 6) is -0.470. The maximum atomic E-state index is 12.5. The first kappa shape index (κ1) is 19.1. The molecule has 6 heteroatoms. The number of β-amino-alcohol motifs (C(OH)–C–C–N with tert-alkyl or cyclic N) is 1. The van der Waals surface area contributed by atoms with Gasteiger partial charge in [0.2, 0.25) is 5.91 Å². The van der Waals surface area contributed by atoms with E-state index in [0.717, 1.165) is 11.1 Å². The Kier molecular flexibility index (Phi) is 5.94. The molecule has 1 aliphatic heterocycles. The molecule has 2 atom stereocenters. The predicted molar refractivity (Wildman–Crippen MR) is 106 cm³/mol. The van der Waals surface area contributed by atoms with Gasteiger partial charge in [0.05, 0.1) is 12.1 Å². The minimum absolute atomic E-state index is 0.182. The van der Waals surface area contributed by atoms with Crippen molar-refractivity contribution in [3.8, 4) is 11.1 Å². The Morgan fingerprint density at radius 3 is 2.52 bits per heavy atom. The zero-order valence-corrected chi connectivity index (χ0v) is 15.5. The molecule has 1 heterocycles. The highest BCUT2D eigenvalue weighted by atomic mass is 35.5. The molecule has 1 aliphatic rings. The lowest BCUT2D eigenvalue weighted by Gasteiger charge is -2.35. The number of halogens is 1. The smallest absolute Gasteiger partial charge is 0.251 e. The molecule has 2 amide bonds. The van der Waals surface area contributed by atoms with E-state index in [9.17, 15) is 14.7 Å². The minimum atomic E-state index is -0.811. The van der Waals surface area contributed by atoms with Gasteiger partial charge in [-0.25, -0.2) is 0 Å². The molecular weight excluding hydrogens is 364 g/mol. The molecule has 2 aromatic rings. The first-order valence-corrected chi connectivity index (χ1v) is 9.12. The molecule has 0 unspecified atom stereocenters. The highest BCUT2D eigenvalue weighted by Crippen LogP contribution is 2.27. The summed E-state index contributed by atoms with van der Waals surface area (Å²) in [5, 5.41) is 13.8. The Morgan fingerprint density at radius 2 is 1.89 bits per heavy atom. The van der Waals surface area contributed by atoms with Gasteiger partial charge in [0.1, 0.15) is 0 Å². The fourth-order valence-electron chi connectivity index (χ4n) is 3.18. The molecule has 140 valence electrons. The molecule has 2 N–H and O–H groups in total. The summed E-state index contributed by atoms with van der Waals surface area (Å²) in [4.78, 5) is 25.7. The SMILES string of the molecule is C=CC(=O)N1CC[C@@H](NC(=O)c2ccc(-c3ccccc3Cl)cc2)[C@H](O)C1. The van der Waals surface area contributed by atoms with Gasteiger partial charge < -0.3 is 15.3 Å². The van der Waals surface area contributed by atoms with Gasteiger partial charge in [-0.2, -0.15) is 0 Å². The van der Waals surface area contributed by atoms with E-state index in [1.165, 1.54) is 11.0 Å². The maximum absolute atomic E-state index is 12.5. The van der Waals surface area contributed by atoms with E-state index in [0.29, 0.717) is 23.6 Å². The molecule has 0 aliphatic carbocycles. The van der Waals surface area contributed by atoms with Gasteiger partial charge in [0, 0.05) is 29.2 Å². The zero-order chi connectivity index (χ0) is 19.4. The van der Waals surface area contributed by atoms with Crippen LogP contribution in [0.4, 0.5) is 0 Å². The van der Waals surface area contributed by atoms with Crippen molar-refractivity contribution in [2.24, 2.45) is 0 Å². The van der Waals surface area contributed by atoms with Crippen molar-refractivity contribution in [3.63, 3.8) is 0 Å². The summed E-state index contributed by atoms with van der Waals surface area (Å²) in [7, 11) is 0. The monoisotopic (exact) mass is 384 g/mol. The number of nitrogens with zero attached hydrogens (tertiary/aromatic N) is 1. The molecule has 5 nitrogen and oxygen atoms in total. The van der Waals surface area contributed by atoms with Crippen LogP contribution in [-0.4, -0.2) is 47.1 Å². The fourth-order valence-corrected chi connectivity index (χ4v) is 3.42. The molecule has 2 aromatic carbocycles. The van der Waals surface area contributed by atoms with Gasteiger partial charge in [-0.05, 0) is 36.3 Å². The van der Waals surface area contributed by atoms with Crippen LogP contribution in [0.2, 0.25) is 5.02 Å². The van der Waals surface area contributed by atoms with E-state index >= 15 is 0 Å². The number of rotatable bonds is 4. The molecule has 27 heavy (non-hydrogen) atoms. The van der Waals surface area contributed by atoms with Crippen LogP contribution in [0.5, 0.6) is 0 Å². The van der Waals surface area contributed by atoms with E-state index in [2.05, 4.69) is 11.9 Å². The van der Waals surface area contributed by atoms with E-state index in [-0.39, 0.29) is 18.4 Å². The summed E-state index contributed by atoms with van der Waals surface area (Å²) < 4.78 is 0. The Hall–Kier alpha value is -2.63. The van der Waals surface area contributed by atoms with Gasteiger partial charge in [-0.1, -0.05) is 48.5 Å². The molecule has 1 fully saturated rings. The Bertz CT molecular complexity index is 851. The molecule has 0 radical (unpaired) electrons. The minimum Gasteiger partial charge on any atom is -0.389 e. The van der Waals surface area contributed by atoms with Crippen LogP contribution in [0.15, 0.2) is 61.2 Å². The Morgan fingerprint density at radius 1 is 1.19 bits per heavy atom. The van der Waals surface area contributed by atoms with Crippen molar-refractivity contribution in [1.82, 2.24) is 10.2 Å². The van der Waals surface area contributed by atoms with Gasteiger partial charge >= 0.3 is 0 Å². The van der Waals surface area contributed by atoms with Crippen LogP contribution in [0.3, 0.4) is 0 Å². The second kappa shape index (κ2) is 8.37. The number of hydrogen-bond acceptors (Lipinski definition) is 3. The van der Waals surface area contributed by atoms with Crippen molar-refractivity contribution in [2.75, 3.05) is 13.1 Å². The highest BCUT2D eigenvalue weighted by molar-refractivity contribution is 6.33. The summed E-state index contributed by atoms with van der Waals surface area (Å²) in [6, 6.07) is 14.3. The van der Waals surface area contributed by atoms with Gasteiger partial charge in [-0.3, -0.25) is 9.59 Å². The lowest BCUT2D eigenvalue weighted by Crippen LogP contribution is -2.55. The van der Waals surface area contributed by atoms with Crippen LogP contribution >= 0.6 is 11.6 Å². The van der Waals surface area contributed by atoms with Crippen molar-refractivity contribution in [2.45, 2.75) is 18.6 Å². The zero-order valence-electron chi connectivity index (χ0n) is 14.8. The molecule has 0 bridgehead atoms. The highest BCUT2D eigenvalue weighted by Gasteiger charge is 2.30. The number of carbonyl (C=O) groups excluding carboxylic acids is 2. The molecule has 1 saturated heterocycles. The van der Waals surface area contributed by atoms with E-state index in [4.69, 9.17) is 11.6 Å². The Balaban J connectivity index is 1.64. The predicted octanol–water partition coefficient (Wildman–Crippen LogP) is 2.88. The summed E-state index contributed by atoms with van der Waals surface area (Å²) >= 11 is 6.21. The lowest BCUT2D eigenvalue weighted by atomic mass is 10.0. The van der Waals surface area contributed by atoms with Crippen molar-refractivity contribution >= 4 is 23.4 Å². The van der Waals surface area contributed by atoms with Gasteiger partial charge in [0.15, 0.2) is 0 Å². The topological polar surface area (TPSA) is 69.6 Å². The van der Waals surface area contributed by atoms with Crippen LogP contribution in [-0.2, 0) is 4.79 Å². The molecule has 0 aromatic heterocycles. The maximum Gasteiger partial charge on any atom is 0.251 e. The van der Waals surface area contributed by atoms with E-state index < -0.39 is 12.1 Å². The molecule has 0 saturated carbocycles. The summed E-state index contributed by atoms with van der Waals surface area (Å²) in [6.45, 7) is 4.10. The second-order valence-corrected chi connectivity index (χ2v) is 6.89. The number of amides is 2. The average Bonchev–Trinajstić information content (AvgIpc) is 2.69. The van der Waals surface area contributed by atoms with E-state index in [1.807, 2.05) is 36.4 Å². The number of likely N-dealkylation sites (tertiary alicyclic amines) is 1. The lowest BCUT2D eigenvalue weighted by molar-refractivity contribution is -0.129. The van der Waals surface area contributed by atoms with Crippen LogP contribution in [0.25, 0.3) is 11.1 Å². The molecular formula is C21H21ClN2O3. The Labute approximate surface area is 163 Å². The third kappa shape index (κ3) is 4.38. The van der Waals surface area contributed by atoms with Crippen molar-refractivity contribution < 1.29 is 14.7 Å². The fraction of sp³-hybridized carbons (Fsp3) is 0.238. The third-order valence-corrected chi connectivity index (χ3v) is 5.05. The molecule has 0 spiro atoms. The molecule has 3 rings (SSSR count). The number of aliphatic hydroxyl groups is 1. The van der Waals surface area contributed by atoms with Crippen LogP contribution in [0.1, 0.15) is 16.8 Å². The normalized spacial score (nSPS) is 19.4. The number of nitrogens with one attached hydrogen (secondary N) is 1. The van der Waals surface area contributed by atoms with E-state index in [1.54, 1.807) is 12.1 Å². The summed E-state index contributed by atoms with van der Waals surface area (Å²) in [5.41, 5.74) is 2.33.